The second-order valence-electron chi connectivity index (χ2n) is 6.73. The number of hydrogen-bond donors (Lipinski definition) is 2. The molecule has 2 N–H and O–H groups in total. The Morgan fingerprint density at radius 2 is 1.80 bits per heavy atom. The number of aromatic nitrogens is 2. The van der Waals surface area contributed by atoms with Crippen LogP contribution in [0.1, 0.15) is 24.8 Å². The Bertz CT molecular complexity index is 992. The number of amides is 2. The number of nitrogens with zero attached hydrogens (tertiary/aromatic N) is 3. The normalized spacial score (nSPS) is 10.2. The lowest BCUT2D eigenvalue weighted by Gasteiger charge is -2.21. The third-order valence-corrected chi connectivity index (χ3v) is 4.64. The van der Waals surface area contributed by atoms with Crippen molar-refractivity contribution in [2.75, 3.05) is 11.4 Å². The molecule has 7 heteroatoms. The zero-order valence-corrected chi connectivity index (χ0v) is 16.5. The van der Waals surface area contributed by atoms with E-state index in [9.17, 15) is 9.59 Å². The van der Waals surface area contributed by atoms with Gasteiger partial charge in [0, 0.05) is 37.8 Å². The molecule has 0 saturated heterocycles. The van der Waals surface area contributed by atoms with Crippen LogP contribution < -0.4 is 10.2 Å². The zero-order valence-electron chi connectivity index (χ0n) is 16.5. The predicted octanol–water partition coefficient (Wildman–Crippen LogP) is 3.42. The average molecular weight is 401 g/mol. The number of rotatable bonds is 9. The van der Waals surface area contributed by atoms with Gasteiger partial charge in [-0.25, -0.2) is 0 Å². The molecule has 0 bridgehead atoms. The first-order chi connectivity index (χ1) is 14.7. The van der Waals surface area contributed by atoms with Crippen LogP contribution in [0.2, 0.25) is 0 Å². The molecule has 30 heavy (non-hydrogen) atoms. The van der Waals surface area contributed by atoms with Gasteiger partial charge in [0.05, 0.1) is 18.2 Å². The van der Waals surface area contributed by atoms with Crippen molar-refractivity contribution < 1.29 is 9.59 Å². The van der Waals surface area contributed by atoms with E-state index in [1.165, 1.54) is 0 Å². The van der Waals surface area contributed by atoms with Gasteiger partial charge in [-0.2, -0.15) is 10.4 Å². The topological polar surface area (TPSA) is 102 Å². The van der Waals surface area contributed by atoms with E-state index in [1.54, 1.807) is 11.1 Å². The summed E-state index contributed by atoms with van der Waals surface area (Å²) in [5, 5.41) is 18.5. The Morgan fingerprint density at radius 3 is 2.47 bits per heavy atom. The molecule has 7 nitrogen and oxygen atoms in total. The second-order valence-corrected chi connectivity index (χ2v) is 6.73. The molecule has 2 aromatic carbocycles. The maximum absolute atomic E-state index is 12.6. The number of aromatic amines is 1. The molecular formula is C23H23N5O2. The monoisotopic (exact) mass is 401 g/mol. The Labute approximate surface area is 175 Å². The van der Waals surface area contributed by atoms with Crippen LogP contribution in [0.3, 0.4) is 0 Å². The van der Waals surface area contributed by atoms with Crippen molar-refractivity contribution >= 4 is 17.5 Å². The molecule has 0 unspecified atom stereocenters. The number of hydrogen-bond acceptors (Lipinski definition) is 4. The molecule has 3 rings (SSSR count). The minimum atomic E-state index is -0.186. The molecule has 1 aromatic heterocycles. The van der Waals surface area contributed by atoms with Gasteiger partial charge in [-0.05, 0) is 29.3 Å². The highest BCUT2D eigenvalue weighted by molar-refractivity contribution is 5.95. The molecule has 152 valence electrons. The largest absolute Gasteiger partial charge is 0.352 e. The van der Waals surface area contributed by atoms with Gasteiger partial charge in [0.1, 0.15) is 0 Å². The van der Waals surface area contributed by atoms with Crippen molar-refractivity contribution in [2.24, 2.45) is 0 Å². The number of nitriles is 1. The molecule has 0 fully saturated rings. The number of carbonyl (C=O) groups is 2. The first-order valence-corrected chi connectivity index (χ1v) is 9.75. The molecule has 2 amide bonds. The van der Waals surface area contributed by atoms with Crippen molar-refractivity contribution in [2.45, 2.75) is 25.8 Å². The maximum atomic E-state index is 12.6. The van der Waals surface area contributed by atoms with Crippen LogP contribution in [-0.2, 0) is 16.1 Å². The van der Waals surface area contributed by atoms with E-state index in [4.69, 9.17) is 5.26 Å². The van der Waals surface area contributed by atoms with Crippen molar-refractivity contribution in [3.63, 3.8) is 0 Å². The number of carbonyl (C=O) groups excluding carboxylic acids is 2. The van der Waals surface area contributed by atoms with E-state index in [1.807, 2.05) is 60.7 Å². The highest BCUT2D eigenvalue weighted by atomic mass is 16.2. The smallest absolute Gasteiger partial charge is 0.227 e. The quantitative estimate of drug-likeness (QED) is 0.573. The maximum Gasteiger partial charge on any atom is 0.227 e. The van der Waals surface area contributed by atoms with E-state index < -0.39 is 0 Å². The number of H-pyrrole nitrogens is 1. The van der Waals surface area contributed by atoms with E-state index in [0.717, 1.165) is 22.5 Å². The fraction of sp³-hybridized carbons (Fsp3) is 0.217. The van der Waals surface area contributed by atoms with Crippen molar-refractivity contribution in [3.8, 4) is 17.3 Å². The average Bonchev–Trinajstić information content (AvgIpc) is 3.32. The first-order valence-electron chi connectivity index (χ1n) is 9.75. The van der Waals surface area contributed by atoms with Gasteiger partial charge >= 0.3 is 0 Å². The summed E-state index contributed by atoms with van der Waals surface area (Å²) >= 11 is 0. The standard InChI is InChI=1S/C23H23N5O2/c24-14-4-16-28(20-5-2-1-3-6-20)23(30)12-11-22(29)25-17-18-7-9-19(10-8-18)21-13-15-26-27-21/h1-3,5-10,13,15H,4,11-12,16-17H2,(H,25,29)(H,26,27). The minimum absolute atomic E-state index is 0.0882. The first kappa shape index (κ1) is 20.8. The summed E-state index contributed by atoms with van der Waals surface area (Å²) in [7, 11) is 0. The molecule has 0 aliphatic heterocycles. The molecule has 1 heterocycles. The van der Waals surface area contributed by atoms with Crippen LogP contribution in [0.4, 0.5) is 5.69 Å². The molecule has 0 aliphatic carbocycles. The lowest BCUT2D eigenvalue weighted by atomic mass is 10.1. The molecule has 0 aliphatic rings. The van der Waals surface area contributed by atoms with E-state index >= 15 is 0 Å². The Hall–Kier alpha value is -3.92. The SMILES string of the molecule is N#CCCN(C(=O)CCC(=O)NCc1ccc(-c2ccn[nH]2)cc1)c1ccccc1. The van der Waals surface area contributed by atoms with E-state index in [0.29, 0.717) is 13.1 Å². The summed E-state index contributed by atoms with van der Waals surface area (Å²) in [4.78, 5) is 26.4. The van der Waals surface area contributed by atoms with Crippen LogP contribution in [0.15, 0.2) is 66.9 Å². The van der Waals surface area contributed by atoms with Crippen LogP contribution in [0.25, 0.3) is 11.3 Å². The van der Waals surface area contributed by atoms with Gasteiger partial charge in [0.25, 0.3) is 0 Å². The summed E-state index contributed by atoms with van der Waals surface area (Å²) in [6.07, 6.45) is 2.12. The highest BCUT2D eigenvalue weighted by Crippen LogP contribution is 2.17. The second kappa shape index (κ2) is 10.6. The van der Waals surface area contributed by atoms with Crippen LogP contribution in [0, 0.1) is 11.3 Å². The zero-order chi connectivity index (χ0) is 21.2. The molecule has 0 radical (unpaired) electrons. The van der Waals surface area contributed by atoms with Gasteiger partial charge in [-0.3, -0.25) is 14.7 Å². The number of benzene rings is 2. The minimum Gasteiger partial charge on any atom is -0.352 e. The van der Waals surface area contributed by atoms with E-state index in [2.05, 4.69) is 21.6 Å². The van der Waals surface area contributed by atoms with Crippen LogP contribution in [0.5, 0.6) is 0 Å². The Balaban J connectivity index is 1.48. The van der Waals surface area contributed by atoms with Gasteiger partial charge < -0.3 is 10.2 Å². The molecule has 3 aromatic rings. The van der Waals surface area contributed by atoms with Crippen molar-refractivity contribution in [1.29, 1.82) is 5.26 Å². The van der Waals surface area contributed by atoms with E-state index in [-0.39, 0.29) is 31.1 Å². The van der Waals surface area contributed by atoms with Crippen LogP contribution in [-0.4, -0.2) is 28.6 Å². The highest BCUT2D eigenvalue weighted by Gasteiger charge is 2.16. The molecule has 0 atom stereocenters. The molecular weight excluding hydrogens is 378 g/mol. The van der Waals surface area contributed by atoms with Crippen molar-refractivity contribution in [3.05, 3.63) is 72.4 Å². The third kappa shape index (κ3) is 5.79. The summed E-state index contributed by atoms with van der Waals surface area (Å²) in [6, 6.07) is 21.0. The van der Waals surface area contributed by atoms with Gasteiger partial charge in [0.2, 0.25) is 11.8 Å². The van der Waals surface area contributed by atoms with Gasteiger partial charge in [0.15, 0.2) is 0 Å². The summed E-state index contributed by atoms with van der Waals surface area (Å²) in [5.74, 6) is -0.357. The lowest BCUT2D eigenvalue weighted by Crippen LogP contribution is -2.33. The fourth-order valence-corrected chi connectivity index (χ4v) is 3.03. The number of anilines is 1. The lowest BCUT2D eigenvalue weighted by molar-refractivity contribution is -0.125. The van der Waals surface area contributed by atoms with Crippen molar-refractivity contribution in [1.82, 2.24) is 15.5 Å². The Kier molecular flexibility index (Phi) is 7.34. The number of para-hydroxylation sites is 1. The fourth-order valence-electron chi connectivity index (χ4n) is 3.03. The predicted molar refractivity (Wildman–Crippen MR) is 114 cm³/mol. The molecule has 0 spiro atoms. The summed E-state index contributed by atoms with van der Waals surface area (Å²) in [5.41, 5.74) is 3.66. The van der Waals surface area contributed by atoms with Gasteiger partial charge in [-0.1, -0.05) is 42.5 Å². The van der Waals surface area contributed by atoms with Crippen LogP contribution >= 0.6 is 0 Å². The Morgan fingerprint density at radius 1 is 1.03 bits per heavy atom. The molecule has 0 saturated carbocycles. The summed E-state index contributed by atoms with van der Waals surface area (Å²) < 4.78 is 0. The summed E-state index contributed by atoms with van der Waals surface area (Å²) in [6.45, 7) is 0.705. The third-order valence-electron chi connectivity index (χ3n) is 4.64. The number of nitrogens with one attached hydrogen (secondary N) is 2. The van der Waals surface area contributed by atoms with Gasteiger partial charge in [-0.15, -0.1) is 0 Å².